The second kappa shape index (κ2) is 10.4. The van der Waals surface area contributed by atoms with Gasteiger partial charge in [0.25, 0.3) is 0 Å². The van der Waals surface area contributed by atoms with E-state index in [1.807, 2.05) is 19.1 Å². The maximum atomic E-state index is 12.4. The van der Waals surface area contributed by atoms with Crippen molar-refractivity contribution in [1.29, 1.82) is 0 Å². The number of aryl methyl sites for hydroxylation is 1. The fraction of sp³-hybridized carbons (Fsp3) is 0.0833. The molecule has 0 radical (unpaired) electrons. The highest BCUT2D eigenvalue weighted by atomic mass is 35.5. The first-order valence-corrected chi connectivity index (χ1v) is 11.0. The molecular formula is C24H20Cl2N6O2. The van der Waals surface area contributed by atoms with Crippen LogP contribution in [0, 0.1) is 6.92 Å². The van der Waals surface area contributed by atoms with Gasteiger partial charge < -0.3 is 20.7 Å². The molecule has 0 bridgehead atoms. The van der Waals surface area contributed by atoms with Gasteiger partial charge in [0, 0.05) is 30.2 Å². The van der Waals surface area contributed by atoms with E-state index >= 15 is 0 Å². The van der Waals surface area contributed by atoms with Gasteiger partial charge in [-0.2, -0.15) is 0 Å². The first-order chi connectivity index (χ1) is 16.4. The molecule has 2 aromatic heterocycles. The van der Waals surface area contributed by atoms with Crippen LogP contribution in [0.15, 0.2) is 67.0 Å². The van der Waals surface area contributed by atoms with Gasteiger partial charge in [0.05, 0.1) is 22.0 Å². The van der Waals surface area contributed by atoms with Gasteiger partial charge in [-0.3, -0.25) is 0 Å². The molecule has 4 rings (SSSR count). The summed E-state index contributed by atoms with van der Waals surface area (Å²) >= 11 is 12.1. The highest BCUT2D eigenvalue weighted by Gasteiger charge is 2.13. The Morgan fingerprint density at radius 3 is 2.62 bits per heavy atom. The van der Waals surface area contributed by atoms with Crippen LogP contribution in [0.25, 0.3) is 11.3 Å². The SMILES string of the molecule is CNc1nccc(-c2cccnc2Oc2ccc(NC(=O)Nc3cc(Cl)ccc3Cl)cc2C)n1. The van der Waals surface area contributed by atoms with Gasteiger partial charge in [-0.15, -0.1) is 0 Å². The van der Waals surface area contributed by atoms with Gasteiger partial charge in [0.2, 0.25) is 11.8 Å². The summed E-state index contributed by atoms with van der Waals surface area (Å²) in [5.41, 5.74) is 3.19. The third-order valence-corrected chi connectivity index (χ3v) is 5.31. The normalized spacial score (nSPS) is 10.5. The Morgan fingerprint density at radius 1 is 0.971 bits per heavy atom. The van der Waals surface area contributed by atoms with Crippen molar-refractivity contribution in [1.82, 2.24) is 15.0 Å². The van der Waals surface area contributed by atoms with E-state index in [2.05, 4.69) is 30.9 Å². The lowest BCUT2D eigenvalue weighted by Crippen LogP contribution is -2.19. The predicted molar refractivity (Wildman–Crippen MR) is 135 cm³/mol. The van der Waals surface area contributed by atoms with Gasteiger partial charge in [-0.05, 0) is 67.1 Å². The molecule has 8 nitrogen and oxygen atoms in total. The van der Waals surface area contributed by atoms with Crippen LogP contribution in [0.4, 0.5) is 22.1 Å². The first-order valence-electron chi connectivity index (χ1n) is 10.2. The van der Waals surface area contributed by atoms with Crippen molar-refractivity contribution in [2.45, 2.75) is 6.92 Å². The maximum Gasteiger partial charge on any atom is 0.323 e. The number of nitrogens with one attached hydrogen (secondary N) is 3. The van der Waals surface area contributed by atoms with E-state index in [1.165, 1.54) is 0 Å². The van der Waals surface area contributed by atoms with Crippen molar-refractivity contribution in [3.63, 3.8) is 0 Å². The summed E-state index contributed by atoms with van der Waals surface area (Å²) in [7, 11) is 1.75. The molecule has 0 saturated carbocycles. The van der Waals surface area contributed by atoms with E-state index in [-0.39, 0.29) is 0 Å². The van der Waals surface area contributed by atoms with Gasteiger partial charge in [-0.25, -0.2) is 19.7 Å². The molecule has 4 aromatic rings. The van der Waals surface area contributed by atoms with E-state index in [1.54, 1.807) is 61.9 Å². The lowest BCUT2D eigenvalue weighted by Gasteiger charge is -2.14. The molecule has 0 fully saturated rings. The number of amides is 2. The van der Waals surface area contributed by atoms with Crippen LogP contribution in [-0.4, -0.2) is 28.0 Å². The van der Waals surface area contributed by atoms with E-state index in [4.69, 9.17) is 27.9 Å². The van der Waals surface area contributed by atoms with Crippen LogP contribution in [0.1, 0.15) is 5.56 Å². The number of rotatable bonds is 6. The van der Waals surface area contributed by atoms with Crippen LogP contribution in [-0.2, 0) is 0 Å². The second-order valence-corrected chi connectivity index (χ2v) is 8.00. The predicted octanol–water partition coefficient (Wildman–Crippen LogP) is 6.63. The summed E-state index contributed by atoms with van der Waals surface area (Å²) in [6, 6.07) is 15.1. The molecule has 10 heteroatoms. The van der Waals surface area contributed by atoms with Crippen molar-refractivity contribution in [2.75, 3.05) is 23.0 Å². The molecule has 3 N–H and O–H groups in total. The minimum absolute atomic E-state index is 0.385. The highest BCUT2D eigenvalue weighted by molar-refractivity contribution is 6.35. The van der Waals surface area contributed by atoms with E-state index in [9.17, 15) is 4.79 Å². The van der Waals surface area contributed by atoms with Crippen molar-refractivity contribution in [3.05, 3.63) is 82.6 Å². The second-order valence-electron chi connectivity index (χ2n) is 7.16. The summed E-state index contributed by atoms with van der Waals surface area (Å²) in [5, 5.41) is 9.23. The zero-order valence-electron chi connectivity index (χ0n) is 18.3. The van der Waals surface area contributed by atoms with Gasteiger partial charge >= 0.3 is 6.03 Å². The van der Waals surface area contributed by atoms with Crippen LogP contribution >= 0.6 is 23.2 Å². The average Bonchev–Trinajstić information content (AvgIpc) is 2.83. The number of urea groups is 1. The number of aromatic nitrogens is 3. The number of carbonyl (C=O) groups excluding carboxylic acids is 1. The number of pyridine rings is 1. The molecule has 0 unspecified atom stereocenters. The molecule has 2 heterocycles. The Labute approximate surface area is 206 Å². The Hall–Kier alpha value is -3.88. The lowest BCUT2D eigenvalue weighted by atomic mass is 10.2. The molecule has 0 saturated heterocycles. The third kappa shape index (κ3) is 5.54. The molecule has 172 valence electrons. The van der Waals surface area contributed by atoms with Crippen LogP contribution in [0.2, 0.25) is 10.0 Å². The first kappa shape index (κ1) is 23.3. The molecule has 2 amide bonds. The van der Waals surface area contributed by atoms with Crippen molar-refractivity contribution < 1.29 is 9.53 Å². The fourth-order valence-electron chi connectivity index (χ4n) is 3.12. The van der Waals surface area contributed by atoms with Gasteiger partial charge in [-0.1, -0.05) is 23.2 Å². The average molecular weight is 495 g/mol. The quantitative estimate of drug-likeness (QED) is 0.278. The Morgan fingerprint density at radius 2 is 1.82 bits per heavy atom. The number of carbonyl (C=O) groups is 1. The molecule has 0 atom stereocenters. The number of hydrogen-bond donors (Lipinski definition) is 3. The minimum atomic E-state index is -0.451. The molecule has 0 spiro atoms. The third-order valence-electron chi connectivity index (χ3n) is 4.74. The van der Waals surface area contributed by atoms with Crippen LogP contribution < -0.4 is 20.7 Å². The number of halogens is 2. The summed E-state index contributed by atoms with van der Waals surface area (Å²) in [4.78, 5) is 25.4. The molecule has 0 aliphatic heterocycles. The number of nitrogens with zero attached hydrogens (tertiary/aromatic N) is 3. The summed E-state index contributed by atoms with van der Waals surface area (Å²) < 4.78 is 6.10. The van der Waals surface area contributed by atoms with Gasteiger partial charge in [0.15, 0.2) is 0 Å². The lowest BCUT2D eigenvalue weighted by molar-refractivity contribution is 0.262. The number of anilines is 3. The Kier molecular flexibility index (Phi) is 7.10. The zero-order valence-corrected chi connectivity index (χ0v) is 19.8. The fourth-order valence-corrected chi connectivity index (χ4v) is 3.46. The largest absolute Gasteiger partial charge is 0.438 e. The standard InChI is InChI=1S/C24H20Cl2N6O2/c1-14-12-16(30-24(33)32-20-13-15(25)5-7-18(20)26)6-8-21(14)34-22-17(4-3-10-28-22)19-9-11-29-23(27-2)31-19/h3-13H,1-2H3,(H,27,29,31)(H2,30,32,33). The van der Waals surface area contributed by atoms with E-state index in [0.29, 0.717) is 44.7 Å². The minimum Gasteiger partial charge on any atom is -0.438 e. The van der Waals surface area contributed by atoms with E-state index < -0.39 is 6.03 Å². The smallest absolute Gasteiger partial charge is 0.323 e. The Bertz CT molecular complexity index is 1350. The van der Waals surface area contributed by atoms with Crippen LogP contribution in [0.3, 0.4) is 0 Å². The Balaban J connectivity index is 1.50. The number of ether oxygens (including phenoxy) is 1. The maximum absolute atomic E-state index is 12.4. The highest BCUT2D eigenvalue weighted by Crippen LogP contribution is 2.33. The van der Waals surface area contributed by atoms with Crippen LogP contribution in [0.5, 0.6) is 11.6 Å². The van der Waals surface area contributed by atoms with Crippen molar-refractivity contribution in [3.8, 4) is 22.9 Å². The van der Waals surface area contributed by atoms with Gasteiger partial charge in [0.1, 0.15) is 5.75 Å². The summed E-state index contributed by atoms with van der Waals surface area (Å²) in [6.07, 6.45) is 3.31. The molecule has 0 aliphatic carbocycles. The topological polar surface area (TPSA) is 101 Å². The monoisotopic (exact) mass is 494 g/mol. The summed E-state index contributed by atoms with van der Waals surface area (Å²) in [5.74, 6) is 1.49. The number of hydrogen-bond acceptors (Lipinski definition) is 6. The molecular weight excluding hydrogens is 475 g/mol. The zero-order chi connectivity index (χ0) is 24.1. The molecule has 2 aromatic carbocycles. The summed E-state index contributed by atoms with van der Waals surface area (Å²) in [6.45, 7) is 1.87. The number of benzene rings is 2. The molecule has 34 heavy (non-hydrogen) atoms. The van der Waals surface area contributed by atoms with Crippen molar-refractivity contribution in [2.24, 2.45) is 0 Å². The van der Waals surface area contributed by atoms with E-state index in [0.717, 1.165) is 11.1 Å². The van der Waals surface area contributed by atoms with Crippen molar-refractivity contribution >= 4 is 46.6 Å². The molecule has 0 aliphatic rings.